The fraction of sp³-hybridized carbons (Fsp3) is 0.455. The number of carbonyl (C=O) groups excluding carboxylic acids is 1. The van der Waals surface area contributed by atoms with Crippen LogP contribution in [0.4, 0.5) is 10.1 Å². The number of carbonyl (C=O) groups is 1. The zero-order chi connectivity index (χ0) is 21.3. The van der Waals surface area contributed by atoms with Crippen LogP contribution in [0.3, 0.4) is 0 Å². The van der Waals surface area contributed by atoms with Crippen LogP contribution >= 0.6 is 24.0 Å². The minimum absolute atomic E-state index is 0. The highest BCUT2D eigenvalue weighted by Crippen LogP contribution is 2.14. The smallest absolute Gasteiger partial charge is 0.289 e. The molecule has 0 radical (unpaired) electrons. The van der Waals surface area contributed by atoms with Crippen molar-refractivity contribution >= 4 is 41.5 Å². The van der Waals surface area contributed by atoms with Gasteiger partial charge in [-0.1, -0.05) is 6.07 Å². The SMILES string of the molecule is CCNC(=NCCCN(C)c1cccc(F)c1)N1CCN(C(=O)c2ccco2)CC1.I. The molecule has 170 valence electrons. The normalized spacial score (nSPS) is 14.2. The van der Waals surface area contributed by atoms with E-state index in [0.717, 1.165) is 44.2 Å². The van der Waals surface area contributed by atoms with Crippen LogP contribution in [0.15, 0.2) is 52.1 Å². The van der Waals surface area contributed by atoms with Crippen molar-refractivity contribution in [2.45, 2.75) is 13.3 Å². The molecule has 1 N–H and O–H groups in total. The van der Waals surface area contributed by atoms with Crippen LogP contribution in [0, 0.1) is 5.82 Å². The molecule has 0 saturated carbocycles. The first kappa shape index (κ1) is 25.0. The number of nitrogens with zero attached hydrogens (tertiary/aromatic N) is 4. The summed E-state index contributed by atoms with van der Waals surface area (Å²) in [6.07, 6.45) is 2.38. The number of aliphatic imine (C=N–C) groups is 1. The Balaban J connectivity index is 0.00000341. The molecule has 0 bridgehead atoms. The Kier molecular flexibility index (Phi) is 10.1. The van der Waals surface area contributed by atoms with Gasteiger partial charge in [0.2, 0.25) is 0 Å². The molecule has 0 unspecified atom stereocenters. The van der Waals surface area contributed by atoms with E-state index in [1.54, 1.807) is 18.2 Å². The maximum atomic E-state index is 13.4. The molecule has 3 rings (SSSR count). The number of hydrogen-bond acceptors (Lipinski definition) is 4. The Morgan fingerprint density at radius 1 is 1.19 bits per heavy atom. The van der Waals surface area contributed by atoms with Crippen LogP contribution in [0.5, 0.6) is 0 Å². The van der Waals surface area contributed by atoms with Crippen LogP contribution < -0.4 is 10.2 Å². The Bertz CT molecular complexity index is 838. The van der Waals surface area contributed by atoms with Crippen molar-refractivity contribution in [3.8, 4) is 0 Å². The van der Waals surface area contributed by atoms with Crippen molar-refractivity contribution in [1.29, 1.82) is 0 Å². The third-order valence-electron chi connectivity index (χ3n) is 5.10. The number of nitrogens with one attached hydrogen (secondary N) is 1. The summed E-state index contributed by atoms with van der Waals surface area (Å²) in [7, 11) is 1.96. The molecular formula is C22H31FIN5O2. The Hall–Kier alpha value is -2.30. The number of rotatable bonds is 7. The van der Waals surface area contributed by atoms with Gasteiger partial charge in [-0.05, 0) is 43.7 Å². The molecule has 9 heteroatoms. The molecule has 7 nitrogen and oxygen atoms in total. The van der Waals surface area contributed by atoms with Gasteiger partial charge in [0.25, 0.3) is 5.91 Å². The van der Waals surface area contributed by atoms with E-state index >= 15 is 0 Å². The third kappa shape index (κ3) is 7.12. The Labute approximate surface area is 200 Å². The number of guanidine groups is 1. The van der Waals surface area contributed by atoms with E-state index in [2.05, 4.69) is 10.2 Å². The second kappa shape index (κ2) is 12.5. The van der Waals surface area contributed by atoms with Gasteiger partial charge >= 0.3 is 0 Å². The van der Waals surface area contributed by atoms with Gasteiger partial charge in [-0.3, -0.25) is 9.79 Å². The first-order chi connectivity index (χ1) is 14.6. The molecule has 1 aliphatic heterocycles. The minimum Gasteiger partial charge on any atom is -0.459 e. The van der Waals surface area contributed by atoms with Crippen LogP contribution in [-0.4, -0.2) is 74.5 Å². The zero-order valence-corrected chi connectivity index (χ0v) is 20.4. The topological polar surface area (TPSA) is 64.3 Å². The lowest BCUT2D eigenvalue weighted by atomic mass is 10.2. The molecule has 1 amide bonds. The van der Waals surface area contributed by atoms with Gasteiger partial charge < -0.3 is 24.4 Å². The second-order valence-corrected chi connectivity index (χ2v) is 7.25. The molecule has 0 spiro atoms. The van der Waals surface area contributed by atoms with Gasteiger partial charge in [0, 0.05) is 58.5 Å². The maximum Gasteiger partial charge on any atom is 0.289 e. The van der Waals surface area contributed by atoms with E-state index < -0.39 is 0 Å². The zero-order valence-electron chi connectivity index (χ0n) is 18.1. The number of piperazine rings is 1. The molecule has 1 aromatic heterocycles. The van der Waals surface area contributed by atoms with Gasteiger partial charge in [0.05, 0.1) is 6.26 Å². The molecule has 1 saturated heterocycles. The molecule has 1 fully saturated rings. The minimum atomic E-state index is -0.225. The number of halogens is 2. The average molecular weight is 543 g/mol. The number of hydrogen-bond donors (Lipinski definition) is 1. The van der Waals surface area contributed by atoms with Gasteiger partial charge in [0.15, 0.2) is 11.7 Å². The predicted octanol–water partition coefficient (Wildman–Crippen LogP) is 3.29. The number of amides is 1. The van der Waals surface area contributed by atoms with Crippen molar-refractivity contribution in [3.63, 3.8) is 0 Å². The predicted molar refractivity (Wildman–Crippen MR) is 132 cm³/mol. The summed E-state index contributed by atoms with van der Waals surface area (Å²) in [4.78, 5) is 23.2. The lowest BCUT2D eigenvalue weighted by molar-refractivity contribution is 0.0657. The van der Waals surface area contributed by atoms with Crippen LogP contribution in [0.2, 0.25) is 0 Å². The average Bonchev–Trinajstić information content (AvgIpc) is 3.30. The Morgan fingerprint density at radius 3 is 2.58 bits per heavy atom. The maximum absolute atomic E-state index is 13.4. The van der Waals surface area contributed by atoms with Crippen LogP contribution in [0.1, 0.15) is 23.9 Å². The van der Waals surface area contributed by atoms with Crippen LogP contribution in [0.25, 0.3) is 0 Å². The molecule has 2 aromatic rings. The van der Waals surface area contributed by atoms with Gasteiger partial charge in [-0.15, -0.1) is 24.0 Å². The summed E-state index contributed by atoms with van der Waals surface area (Å²) in [5, 5.41) is 3.34. The summed E-state index contributed by atoms with van der Waals surface area (Å²) in [6, 6.07) is 10.0. The summed E-state index contributed by atoms with van der Waals surface area (Å²) >= 11 is 0. The van der Waals surface area contributed by atoms with Crippen molar-refractivity contribution in [3.05, 3.63) is 54.2 Å². The fourth-order valence-corrected chi connectivity index (χ4v) is 3.44. The highest BCUT2D eigenvalue weighted by molar-refractivity contribution is 14.0. The number of anilines is 1. The monoisotopic (exact) mass is 543 g/mol. The molecule has 1 aromatic carbocycles. The van der Waals surface area contributed by atoms with E-state index in [-0.39, 0.29) is 35.7 Å². The highest BCUT2D eigenvalue weighted by Gasteiger charge is 2.25. The largest absolute Gasteiger partial charge is 0.459 e. The molecule has 0 aliphatic carbocycles. The summed E-state index contributed by atoms with van der Waals surface area (Å²) in [5.74, 6) is 0.959. The quantitative estimate of drug-likeness (QED) is 0.252. The molecule has 1 aliphatic rings. The van der Waals surface area contributed by atoms with Gasteiger partial charge in [-0.25, -0.2) is 4.39 Å². The summed E-state index contributed by atoms with van der Waals surface area (Å²) < 4.78 is 18.6. The van der Waals surface area contributed by atoms with Crippen molar-refractivity contribution in [2.75, 3.05) is 57.8 Å². The third-order valence-corrected chi connectivity index (χ3v) is 5.10. The Morgan fingerprint density at radius 2 is 1.94 bits per heavy atom. The van der Waals surface area contributed by atoms with E-state index in [1.807, 2.05) is 29.8 Å². The van der Waals surface area contributed by atoms with Crippen LogP contribution in [-0.2, 0) is 0 Å². The van der Waals surface area contributed by atoms with E-state index in [4.69, 9.17) is 9.41 Å². The van der Waals surface area contributed by atoms with E-state index in [0.29, 0.717) is 25.4 Å². The van der Waals surface area contributed by atoms with E-state index in [9.17, 15) is 9.18 Å². The molecular weight excluding hydrogens is 512 g/mol. The van der Waals surface area contributed by atoms with Crippen molar-refractivity contribution in [2.24, 2.45) is 4.99 Å². The summed E-state index contributed by atoms with van der Waals surface area (Å²) in [5.41, 5.74) is 0.864. The summed E-state index contributed by atoms with van der Waals surface area (Å²) in [6.45, 7) is 7.00. The molecule has 2 heterocycles. The highest BCUT2D eigenvalue weighted by atomic mass is 127. The van der Waals surface area contributed by atoms with Gasteiger partial charge in [0.1, 0.15) is 5.82 Å². The standard InChI is InChI=1S/C22H30FN5O2.HI/c1-3-24-22(25-10-6-11-26(2)19-8-4-7-18(23)17-19)28-14-12-27(13-15-28)21(29)20-9-5-16-30-20;/h4-5,7-9,16-17H,3,6,10-15H2,1-2H3,(H,24,25);1H. The fourth-order valence-electron chi connectivity index (χ4n) is 3.44. The number of benzene rings is 1. The van der Waals surface area contributed by atoms with Crippen molar-refractivity contribution in [1.82, 2.24) is 15.1 Å². The first-order valence-corrected chi connectivity index (χ1v) is 10.4. The lowest BCUT2D eigenvalue weighted by Crippen LogP contribution is -2.53. The molecule has 31 heavy (non-hydrogen) atoms. The lowest BCUT2D eigenvalue weighted by Gasteiger charge is -2.36. The van der Waals surface area contributed by atoms with Crippen molar-refractivity contribution < 1.29 is 13.6 Å². The first-order valence-electron chi connectivity index (χ1n) is 10.4. The molecule has 0 atom stereocenters. The van der Waals surface area contributed by atoms with E-state index in [1.165, 1.54) is 18.4 Å². The number of furan rings is 1. The second-order valence-electron chi connectivity index (χ2n) is 7.25. The van der Waals surface area contributed by atoms with Gasteiger partial charge in [-0.2, -0.15) is 0 Å².